The number of benzene rings is 2. The largest absolute Gasteiger partial charge is 0.512 e. The number of nitrogens with zero attached hydrogens (tertiary/aromatic N) is 2. The number of Topliss-reactive ketones (excluding diaryl/α,β-unsaturated/α-hetero) is 13. The first-order valence-corrected chi connectivity index (χ1v) is 52.2. The molecule has 18 atom stereocenters. The van der Waals surface area contributed by atoms with Gasteiger partial charge >= 0.3 is 5.97 Å². The number of amides is 5. The Bertz CT molecular complexity index is 5140. The zero-order valence-corrected chi connectivity index (χ0v) is 89.8. The molecular formula is C107H166N20O23. The number of aldehydes is 1. The van der Waals surface area contributed by atoms with Gasteiger partial charge in [0.05, 0.1) is 103 Å². The average Bonchev–Trinajstić information content (AvgIpc) is 1.69. The molecule has 1 aliphatic carbocycles. The van der Waals surface area contributed by atoms with Crippen molar-refractivity contribution in [2.75, 3.05) is 39.4 Å². The lowest BCUT2D eigenvalue weighted by Gasteiger charge is -2.33. The summed E-state index contributed by atoms with van der Waals surface area (Å²) in [4.78, 5) is 272. The van der Waals surface area contributed by atoms with Crippen molar-refractivity contribution >= 4 is 128 Å². The smallest absolute Gasteiger partial charge is 0.303 e. The number of carboxylic acids is 1. The second-order valence-corrected chi connectivity index (χ2v) is 40.5. The number of carbonyl (C=O) groups excluding carboxylic acids is 19. The van der Waals surface area contributed by atoms with E-state index in [9.17, 15) is 111 Å². The quantitative estimate of drug-likeness (QED) is 0.00558. The SMILES string of the molecule is CC(=O)N[C@@H](CC(C)C)C(=O)N[C@H](C(=O)C(=O)[C@H](Cc1ccccc1)NN[C@](C)(CCCCCC/C=C/CCC[C@](C)(NC(=O)[C@H](CC(C)C)NN[C@@H](CCC(N)=O)C(=O)CN[C@@H](C)C(=O)CC(=O)[C@H](Cc1c[nH]c2ccccc12)N=N[C@H](C=O)CC1=CC=C(O)CC1)C(=O)CN[C@@H](C)C(=O)CCN[C@@H](C)C(=O)CCC(=O)[C@H](C)NCCC(=O)[C@H](C)NCCC(=O)[C@H](C)NCN[C@H](C)C(N)=O)C(=O)C(=O)[C@@H](N)CCC(=O)O)[C@@H](C)O. The van der Waals surface area contributed by atoms with Gasteiger partial charge in [0.15, 0.2) is 40.5 Å². The Morgan fingerprint density at radius 3 is 1.59 bits per heavy atom. The molecule has 0 saturated heterocycles. The van der Waals surface area contributed by atoms with E-state index in [4.69, 9.17) is 17.2 Å². The molecule has 4 rings (SSSR count). The van der Waals surface area contributed by atoms with Crippen molar-refractivity contribution in [3.63, 3.8) is 0 Å². The molecule has 43 nitrogen and oxygen atoms in total. The third-order valence-corrected chi connectivity index (χ3v) is 26.5. The molecule has 43 heteroatoms. The van der Waals surface area contributed by atoms with Gasteiger partial charge < -0.3 is 84.8 Å². The van der Waals surface area contributed by atoms with Gasteiger partial charge in [-0.1, -0.05) is 119 Å². The van der Waals surface area contributed by atoms with Crippen molar-refractivity contribution in [3.05, 3.63) is 108 Å². The number of nitrogens with two attached hydrogens (primary N) is 3. The number of hydrogen-bond acceptors (Lipinski definition) is 36. The van der Waals surface area contributed by atoms with Gasteiger partial charge in [-0.2, -0.15) is 10.2 Å². The van der Waals surface area contributed by atoms with E-state index >= 15 is 0 Å². The van der Waals surface area contributed by atoms with E-state index in [0.717, 1.165) is 16.5 Å². The number of nitrogens with one attached hydrogen (secondary N) is 15. The van der Waals surface area contributed by atoms with E-state index in [2.05, 4.69) is 90.1 Å². The van der Waals surface area contributed by atoms with Crippen LogP contribution in [0.15, 0.2) is 107 Å². The summed E-state index contributed by atoms with van der Waals surface area (Å²) in [7, 11) is 0. The Balaban J connectivity index is 1.51. The lowest BCUT2D eigenvalue weighted by atomic mass is 9.85. The van der Waals surface area contributed by atoms with Crippen LogP contribution >= 0.6 is 0 Å². The third-order valence-electron chi connectivity index (χ3n) is 26.5. The fraction of sp³-hybridized carbons (Fsp3) is 0.626. The van der Waals surface area contributed by atoms with Crippen LogP contribution in [-0.2, 0) is 109 Å². The van der Waals surface area contributed by atoms with Gasteiger partial charge in [0.1, 0.15) is 48.1 Å². The maximum Gasteiger partial charge on any atom is 0.303 e. The summed E-state index contributed by atoms with van der Waals surface area (Å²) in [6, 6.07) is 0.179. The molecule has 0 spiro atoms. The Kier molecular flexibility index (Phi) is 59.4. The number of azo groups is 1. The second-order valence-electron chi connectivity index (χ2n) is 40.5. The third kappa shape index (κ3) is 48.7. The summed E-state index contributed by atoms with van der Waals surface area (Å²) >= 11 is 0. The molecule has 1 aliphatic rings. The molecule has 0 unspecified atom stereocenters. The van der Waals surface area contributed by atoms with Crippen LogP contribution in [0, 0.1) is 11.8 Å². The van der Waals surface area contributed by atoms with Crippen LogP contribution in [0.4, 0.5) is 0 Å². The number of aromatic amines is 1. The molecule has 150 heavy (non-hydrogen) atoms. The Morgan fingerprint density at radius 2 is 1.03 bits per heavy atom. The van der Waals surface area contributed by atoms with E-state index in [-0.39, 0.29) is 169 Å². The highest BCUT2D eigenvalue weighted by atomic mass is 16.4. The minimum absolute atomic E-state index is 0.0205. The molecule has 0 bridgehead atoms. The number of allylic oxidation sites excluding steroid dienone is 5. The van der Waals surface area contributed by atoms with Crippen LogP contribution in [0.3, 0.4) is 0 Å². The molecule has 3 aromatic rings. The standard InChI is InChI=1S/C107H166N20O23/c1-63(2)52-85(119-73(13)130)104(149)120-98(72(12)129)101(146)100(145)84(55-74-30-24-23-25-31-74)126-127-107(15,102(147)99(144)80(108)38-43-97(142)143)48-29-22-20-18-16-17-19-21-28-47-106(14,95(140)60-115-68(8)90(135)45-50-112-66(6)88(133)41-40-87(132)65(5)111-49-44-89(134)67(7)113-51-46-91(136)69(9)117-62-118-71(11)103(110)148)121-105(150)86(53-64(3)4)125-123-82(39-42-96(109)141)94(139)59-114-70(10)92(137)57-93(138)83(56-76-58-116-81-33-27-26-32-79(76)81)124-122-77(61-128)54-75-34-36-78(131)37-35-75/h17,19,23-27,30-34,36,58,61,63-72,77,80,82-86,98,111-118,123,125-127,129,131H,16,18,20-22,28-29,35,37-57,59-60,62,108H2,1-15H3,(H2,109,141)(H2,110,148)(H,119,130)(H,120,149)(H,121,150)(H,142,143)/b19-17+,124-122?/t65-,66-,67-,68-,69-,70-,71+,72+,77-,80-,82-,83-,84-,85-,86-,98-,106-,107+/m0/s1. The van der Waals surface area contributed by atoms with Crippen molar-refractivity contribution in [3.8, 4) is 0 Å². The number of H-pyrrole nitrogens is 1. The zero-order chi connectivity index (χ0) is 112. The number of aliphatic hydroxyl groups is 2. The van der Waals surface area contributed by atoms with Gasteiger partial charge in [0, 0.05) is 108 Å². The highest BCUT2D eigenvalue weighted by molar-refractivity contribution is 6.42. The summed E-state index contributed by atoms with van der Waals surface area (Å²) in [5.41, 5.74) is 28.0. The van der Waals surface area contributed by atoms with E-state index in [1.54, 1.807) is 111 Å². The Labute approximate surface area is 879 Å². The van der Waals surface area contributed by atoms with Gasteiger partial charge in [-0.3, -0.25) is 102 Å². The molecular weight excluding hydrogens is 1930 g/mol. The fourth-order valence-corrected chi connectivity index (χ4v) is 16.5. The lowest BCUT2D eigenvalue weighted by molar-refractivity contribution is -0.143. The van der Waals surface area contributed by atoms with Crippen molar-refractivity contribution in [1.82, 2.24) is 79.9 Å². The molecule has 0 aliphatic heterocycles. The molecule has 0 radical (unpaired) electrons. The maximum absolute atomic E-state index is 15.0. The highest BCUT2D eigenvalue weighted by Crippen LogP contribution is 2.27. The fourth-order valence-electron chi connectivity index (χ4n) is 16.5. The predicted molar refractivity (Wildman–Crippen MR) is 566 cm³/mol. The number of aromatic nitrogens is 1. The summed E-state index contributed by atoms with van der Waals surface area (Å²) < 4.78 is 0. The number of fused-ring (bicyclic) bond motifs is 1. The summed E-state index contributed by atoms with van der Waals surface area (Å²) in [6.45, 7) is 23.6. The Morgan fingerprint density at radius 1 is 0.493 bits per heavy atom. The molecule has 0 saturated carbocycles. The van der Waals surface area contributed by atoms with Gasteiger partial charge in [0.25, 0.3) is 0 Å². The van der Waals surface area contributed by atoms with E-state index in [1.165, 1.54) is 27.7 Å². The van der Waals surface area contributed by atoms with Crippen molar-refractivity contribution in [2.45, 2.75) is 379 Å². The van der Waals surface area contributed by atoms with Crippen LogP contribution in [0.1, 0.15) is 269 Å². The highest BCUT2D eigenvalue weighted by Gasteiger charge is 2.44. The minimum Gasteiger partial charge on any atom is -0.512 e. The molecule has 5 amide bonds. The number of ketones is 13. The van der Waals surface area contributed by atoms with Crippen LogP contribution < -0.4 is 92.1 Å². The van der Waals surface area contributed by atoms with Crippen molar-refractivity contribution in [1.29, 1.82) is 0 Å². The van der Waals surface area contributed by atoms with Crippen molar-refractivity contribution in [2.24, 2.45) is 39.3 Å². The number of primary amides is 2. The molecule has 2 aromatic carbocycles. The zero-order valence-electron chi connectivity index (χ0n) is 89.8. The summed E-state index contributed by atoms with van der Waals surface area (Å²) in [6.07, 6.45) is 10.1. The van der Waals surface area contributed by atoms with Crippen LogP contribution in [0.25, 0.3) is 10.9 Å². The number of aliphatic hydroxyl groups excluding tert-OH is 2. The molecule has 1 heterocycles. The van der Waals surface area contributed by atoms with Crippen molar-refractivity contribution < 1.29 is 111 Å². The summed E-state index contributed by atoms with van der Waals surface area (Å²) in [5, 5.41) is 68.5. The average molecular weight is 2100 g/mol. The number of hydrogen-bond donors (Lipinski definition) is 21. The molecule has 0 fully saturated rings. The van der Waals surface area contributed by atoms with Gasteiger partial charge in [-0.15, -0.1) is 0 Å². The van der Waals surface area contributed by atoms with Crippen LogP contribution in [0.5, 0.6) is 0 Å². The first-order chi connectivity index (χ1) is 70.8. The first kappa shape index (κ1) is 131. The van der Waals surface area contributed by atoms with E-state index in [1.807, 2.05) is 50.3 Å². The predicted octanol–water partition coefficient (Wildman–Crippen LogP) is 3.84. The Hall–Kier alpha value is -11.7. The van der Waals surface area contributed by atoms with Gasteiger partial charge in [-0.05, 0) is 188 Å². The van der Waals surface area contributed by atoms with Crippen LogP contribution in [0.2, 0.25) is 0 Å². The molecule has 1 aromatic heterocycles. The first-order valence-electron chi connectivity index (χ1n) is 52.2. The van der Waals surface area contributed by atoms with E-state index in [0.29, 0.717) is 75.2 Å². The number of carboxylic acid groups (broad SMARTS) is 1. The number of carbonyl (C=O) groups is 20. The van der Waals surface area contributed by atoms with Gasteiger partial charge in [0.2, 0.25) is 52.7 Å². The van der Waals surface area contributed by atoms with Gasteiger partial charge in [-0.25, -0.2) is 21.7 Å². The monoisotopic (exact) mass is 2100 g/mol. The lowest BCUT2D eigenvalue weighted by Crippen LogP contribution is -2.64. The van der Waals surface area contributed by atoms with E-state index < -0.39 is 216 Å². The topological polar surface area (TPSA) is 689 Å². The minimum atomic E-state index is -1.84. The second kappa shape index (κ2) is 68.2. The molecule has 24 N–H and O–H groups in total. The number of rotatable bonds is 85. The van der Waals surface area contributed by atoms with Crippen LogP contribution in [-0.4, -0.2) is 284 Å². The molecule has 832 valence electrons. The number of aliphatic carboxylic acids is 1. The maximum atomic E-state index is 15.0. The number of para-hydroxylation sites is 1. The normalized spacial score (nSPS) is 16.3. The number of hydrazine groups is 2. The number of unbranched alkanes of at least 4 members (excludes halogenated alkanes) is 5. The summed E-state index contributed by atoms with van der Waals surface area (Å²) in [5.74, 6) is -12.6.